The van der Waals surface area contributed by atoms with Crippen molar-refractivity contribution in [1.82, 2.24) is 9.78 Å². The van der Waals surface area contributed by atoms with Gasteiger partial charge in [0.25, 0.3) is 5.91 Å². The van der Waals surface area contributed by atoms with Crippen molar-refractivity contribution in [2.45, 2.75) is 39.0 Å². The largest absolute Gasteiger partial charge is 0.497 e. The summed E-state index contributed by atoms with van der Waals surface area (Å²) in [4.78, 5) is 23.5. The van der Waals surface area contributed by atoms with Crippen LogP contribution in [0, 0.1) is 0 Å². The number of carboxylic acid groups (broad SMARTS) is 1. The number of hydrogen-bond acceptors (Lipinski definition) is 5. The minimum atomic E-state index is -1.21. The molecule has 0 aliphatic carbocycles. The number of amides is 1. The van der Waals surface area contributed by atoms with Crippen LogP contribution in [0.2, 0.25) is 0 Å². The summed E-state index contributed by atoms with van der Waals surface area (Å²) < 4.78 is 12.0. The van der Waals surface area contributed by atoms with Crippen molar-refractivity contribution in [3.63, 3.8) is 0 Å². The number of methoxy groups -OCH3 is 1. The van der Waals surface area contributed by atoms with Crippen molar-refractivity contribution in [2.24, 2.45) is 0 Å². The summed E-state index contributed by atoms with van der Waals surface area (Å²) in [5.41, 5.74) is 0.0819. The lowest BCUT2D eigenvalue weighted by Crippen LogP contribution is -2.36. The fourth-order valence-corrected chi connectivity index (χ4v) is 2.09. The molecule has 0 bridgehead atoms. The molecular formula is C18H23N3O5. The number of ether oxygens (including phenoxy) is 2. The minimum Gasteiger partial charge on any atom is -0.497 e. The van der Waals surface area contributed by atoms with E-state index < -0.39 is 17.6 Å². The Morgan fingerprint density at radius 1 is 1.38 bits per heavy atom. The summed E-state index contributed by atoms with van der Waals surface area (Å²) in [6.07, 6.45) is 2.18. The lowest BCUT2D eigenvalue weighted by Gasteiger charge is -2.19. The first-order valence-corrected chi connectivity index (χ1v) is 8.08. The van der Waals surface area contributed by atoms with Gasteiger partial charge in [-0.15, -0.1) is 0 Å². The Kier molecular flexibility index (Phi) is 5.99. The van der Waals surface area contributed by atoms with Gasteiger partial charge < -0.3 is 19.9 Å². The van der Waals surface area contributed by atoms with Crippen LogP contribution in [0.3, 0.4) is 0 Å². The van der Waals surface area contributed by atoms with Crippen LogP contribution >= 0.6 is 0 Å². The number of aliphatic carboxylic acids is 1. The van der Waals surface area contributed by atoms with E-state index in [9.17, 15) is 14.7 Å². The molecule has 2 rings (SSSR count). The third kappa shape index (κ3) is 4.60. The Labute approximate surface area is 151 Å². The number of aromatic nitrogens is 2. The van der Waals surface area contributed by atoms with Gasteiger partial charge in [0.15, 0.2) is 5.54 Å². The molecule has 1 atom stereocenters. The van der Waals surface area contributed by atoms with Gasteiger partial charge in [0.2, 0.25) is 0 Å². The maximum Gasteiger partial charge on any atom is 0.331 e. The van der Waals surface area contributed by atoms with Crippen LogP contribution in [-0.4, -0.2) is 40.0 Å². The molecule has 8 nitrogen and oxygen atoms in total. The van der Waals surface area contributed by atoms with Crippen LogP contribution in [0.5, 0.6) is 5.75 Å². The Morgan fingerprint density at radius 3 is 2.77 bits per heavy atom. The first-order chi connectivity index (χ1) is 12.2. The zero-order valence-corrected chi connectivity index (χ0v) is 15.2. The van der Waals surface area contributed by atoms with Crippen LogP contribution in [0.25, 0.3) is 0 Å². The van der Waals surface area contributed by atoms with E-state index in [1.165, 1.54) is 30.9 Å². The number of benzene rings is 1. The maximum atomic E-state index is 12.2. The van der Waals surface area contributed by atoms with Gasteiger partial charge in [-0.25, -0.2) is 4.79 Å². The van der Waals surface area contributed by atoms with E-state index in [1.807, 2.05) is 24.3 Å². The summed E-state index contributed by atoms with van der Waals surface area (Å²) in [5.74, 6) is -0.647. The first-order valence-electron chi connectivity index (χ1n) is 8.08. The number of rotatable bonds is 8. The van der Waals surface area contributed by atoms with Gasteiger partial charge in [0, 0.05) is 6.20 Å². The van der Waals surface area contributed by atoms with E-state index in [2.05, 4.69) is 10.4 Å². The molecule has 1 aromatic heterocycles. The van der Waals surface area contributed by atoms with Gasteiger partial charge >= 0.3 is 5.97 Å². The monoisotopic (exact) mass is 361 g/mol. The third-order valence-corrected chi connectivity index (χ3v) is 3.95. The minimum absolute atomic E-state index is 0.261. The number of hydrogen-bond donors (Lipinski definition) is 2. The Bertz CT molecular complexity index is 785. The zero-order chi connectivity index (χ0) is 19.3. The second-order valence-corrected chi connectivity index (χ2v) is 6.33. The highest BCUT2D eigenvalue weighted by atomic mass is 16.5. The molecule has 1 heterocycles. The number of nitrogens with one attached hydrogen (secondary N) is 1. The predicted octanol–water partition coefficient (Wildman–Crippen LogP) is 2.26. The molecular weight excluding hydrogens is 338 g/mol. The number of carboxylic acids is 1. The Morgan fingerprint density at radius 2 is 2.12 bits per heavy atom. The van der Waals surface area contributed by atoms with Gasteiger partial charge in [-0.1, -0.05) is 12.1 Å². The summed E-state index contributed by atoms with van der Waals surface area (Å²) >= 11 is 0. The SMILES string of the molecule is COc1cccc(COC(C)C(=O)Nc2cnn(C(C)(C)C(=O)O)c2)c1. The molecule has 2 aromatic rings. The number of carbonyl (C=O) groups is 2. The smallest absolute Gasteiger partial charge is 0.331 e. The van der Waals surface area contributed by atoms with Crippen LogP contribution < -0.4 is 10.1 Å². The summed E-state index contributed by atoms with van der Waals surface area (Å²) in [5, 5.41) is 15.9. The standard InChI is InChI=1S/C18H23N3O5/c1-12(26-11-13-6-5-7-15(8-13)25-4)16(22)20-14-9-19-21(10-14)18(2,3)17(23)24/h5-10,12H,11H2,1-4H3,(H,20,22)(H,23,24). The van der Waals surface area contributed by atoms with E-state index in [-0.39, 0.29) is 12.5 Å². The Hall–Kier alpha value is -2.87. The lowest BCUT2D eigenvalue weighted by atomic mass is 10.1. The summed E-state index contributed by atoms with van der Waals surface area (Å²) in [6, 6.07) is 7.39. The second-order valence-electron chi connectivity index (χ2n) is 6.33. The van der Waals surface area contributed by atoms with Crippen molar-refractivity contribution in [3.05, 3.63) is 42.2 Å². The van der Waals surface area contributed by atoms with Gasteiger partial charge in [-0.2, -0.15) is 5.10 Å². The summed E-state index contributed by atoms with van der Waals surface area (Å²) in [6.45, 7) is 4.94. The predicted molar refractivity (Wildman–Crippen MR) is 95.1 cm³/mol. The van der Waals surface area contributed by atoms with E-state index in [0.29, 0.717) is 5.69 Å². The number of anilines is 1. The van der Waals surface area contributed by atoms with E-state index >= 15 is 0 Å². The number of carbonyl (C=O) groups excluding carboxylic acids is 1. The molecule has 8 heteroatoms. The first kappa shape index (κ1) is 19.5. The molecule has 0 fully saturated rings. The van der Waals surface area contributed by atoms with E-state index in [0.717, 1.165) is 11.3 Å². The average molecular weight is 361 g/mol. The van der Waals surface area contributed by atoms with Gasteiger partial charge in [-0.05, 0) is 38.5 Å². The average Bonchev–Trinajstić information content (AvgIpc) is 3.08. The third-order valence-electron chi connectivity index (χ3n) is 3.95. The number of nitrogens with zero attached hydrogens (tertiary/aromatic N) is 2. The molecule has 0 aliphatic heterocycles. The topological polar surface area (TPSA) is 103 Å². The van der Waals surface area contributed by atoms with Gasteiger partial charge in [0.1, 0.15) is 11.9 Å². The van der Waals surface area contributed by atoms with Crippen LogP contribution in [0.15, 0.2) is 36.7 Å². The molecule has 1 unspecified atom stereocenters. The highest BCUT2D eigenvalue weighted by molar-refractivity contribution is 5.93. The van der Waals surface area contributed by atoms with Crippen LogP contribution in [0.1, 0.15) is 26.3 Å². The van der Waals surface area contributed by atoms with E-state index in [1.54, 1.807) is 14.0 Å². The van der Waals surface area contributed by atoms with Crippen LogP contribution in [0.4, 0.5) is 5.69 Å². The van der Waals surface area contributed by atoms with Crippen molar-refractivity contribution < 1.29 is 24.2 Å². The van der Waals surface area contributed by atoms with Crippen LogP contribution in [-0.2, 0) is 26.5 Å². The normalized spacial score (nSPS) is 12.5. The second kappa shape index (κ2) is 8.01. The van der Waals surface area contributed by atoms with Gasteiger partial charge in [0.05, 0.1) is 25.6 Å². The molecule has 1 aromatic carbocycles. The molecule has 0 saturated carbocycles. The fraction of sp³-hybridized carbons (Fsp3) is 0.389. The molecule has 0 aliphatic rings. The quantitative estimate of drug-likeness (QED) is 0.748. The summed E-state index contributed by atoms with van der Waals surface area (Å²) in [7, 11) is 1.59. The highest BCUT2D eigenvalue weighted by Crippen LogP contribution is 2.18. The van der Waals surface area contributed by atoms with Crippen molar-refractivity contribution in [3.8, 4) is 5.75 Å². The Balaban J connectivity index is 1.93. The molecule has 1 amide bonds. The molecule has 2 N–H and O–H groups in total. The molecule has 26 heavy (non-hydrogen) atoms. The van der Waals surface area contributed by atoms with E-state index in [4.69, 9.17) is 9.47 Å². The maximum absolute atomic E-state index is 12.2. The van der Waals surface area contributed by atoms with Crippen molar-refractivity contribution in [2.75, 3.05) is 12.4 Å². The molecule has 140 valence electrons. The van der Waals surface area contributed by atoms with Crippen molar-refractivity contribution in [1.29, 1.82) is 0 Å². The van der Waals surface area contributed by atoms with Crippen molar-refractivity contribution >= 4 is 17.6 Å². The van der Waals surface area contributed by atoms with Gasteiger partial charge in [-0.3, -0.25) is 9.48 Å². The zero-order valence-electron chi connectivity index (χ0n) is 15.2. The lowest BCUT2D eigenvalue weighted by molar-refractivity contribution is -0.146. The fourth-order valence-electron chi connectivity index (χ4n) is 2.09. The molecule has 0 spiro atoms. The molecule has 0 saturated heterocycles. The highest BCUT2D eigenvalue weighted by Gasteiger charge is 2.30. The molecule has 0 radical (unpaired) electrons.